The minimum atomic E-state index is -0.345. The summed E-state index contributed by atoms with van der Waals surface area (Å²) >= 11 is 6.13. The number of hydrogen-bond donors (Lipinski definition) is 1. The van der Waals surface area contributed by atoms with Crippen LogP contribution < -0.4 is 10.5 Å². The van der Waals surface area contributed by atoms with Gasteiger partial charge in [0.15, 0.2) is 0 Å². The molecule has 1 saturated carbocycles. The third-order valence-corrected chi connectivity index (χ3v) is 5.39. The summed E-state index contributed by atoms with van der Waals surface area (Å²) in [5, 5.41) is 6.43. The van der Waals surface area contributed by atoms with Crippen molar-refractivity contribution < 1.29 is 0 Å². The summed E-state index contributed by atoms with van der Waals surface area (Å²) in [6.45, 7) is 1.51. The number of fused-ring (bicyclic) bond motifs is 1. The molecule has 0 saturated heterocycles. The molecule has 1 aliphatic carbocycles. The minimum absolute atomic E-state index is 0.204. The van der Waals surface area contributed by atoms with Crippen LogP contribution in [-0.4, -0.2) is 26.3 Å². The second-order valence-corrected chi connectivity index (χ2v) is 6.78. The first-order chi connectivity index (χ1) is 11.2. The zero-order valence-corrected chi connectivity index (χ0v) is 13.7. The molecule has 2 aromatic rings. The SMILES string of the molecule is O=c1[nH]ncc(N2CCc3c(ncn3C3CCCCC3)C2)c1Cl. The second kappa shape index (κ2) is 6.00. The van der Waals surface area contributed by atoms with Gasteiger partial charge in [0.1, 0.15) is 5.02 Å². The lowest BCUT2D eigenvalue weighted by Gasteiger charge is -2.31. The fourth-order valence-electron chi connectivity index (χ4n) is 3.81. The highest BCUT2D eigenvalue weighted by Gasteiger charge is 2.26. The molecule has 1 N–H and O–H groups in total. The fourth-order valence-corrected chi connectivity index (χ4v) is 4.02. The summed E-state index contributed by atoms with van der Waals surface area (Å²) in [6.07, 6.45) is 11.1. The molecule has 4 rings (SSSR count). The predicted octanol–water partition coefficient (Wildman–Crippen LogP) is 2.69. The maximum absolute atomic E-state index is 11.6. The summed E-state index contributed by atoms with van der Waals surface area (Å²) in [5.41, 5.74) is 2.79. The molecule has 0 radical (unpaired) electrons. The van der Waals surface area contributed by atoms with E-state index in [9.17, 15) is 4.79 Å². The Balaban J connectivity index is 1.60. The van der Waals surface area contributed by atoms with Crippen LogP contribution in [0, 0.1) is 0 Å². The topological polar surface area (TPSA) is 66.8 Å². The molecule has 1 aliphatic heterocycles. The molecule has 0 aromatic carbocycles. The molecule has 0 amide bonds. The number of aromatic amines is 1. The molecule has 2 aliphatic rings. The van der Waals surface area contributed by atoms with Crippen molar-refractivity contribution in [2.45, 2.75) is 51.1 Å². The van der Waals surface area contributed by atoms with Gasteiger partial charge in [0.25, 0.3) is 5.56 Å². The number of halogens is 1. The number of nitrogens with one attached hydrogen (secondary N) is 1. The largest absolute Gasteiger partial charge is 0.362 e. The number of anilines is 1. The number of aromatic nitrogens is 4. The Labute approximate surface area is 139 Å². The Morgan fingerprint density at radius 1 is 1.26 bits per heavy atom. The van der Waals surface area contributed by atoms with E-state index in [4.69, 9.17) is 11.6 Å². The van der Waals surface area contributed by atoms with Crippen LogP contribution in [0.2, 0.25) is 5.02 Å². The van der Waals surface area contributed by atoms with Gasteiger partial charge in [0, 0.05) is 24.7 Å². The first kappa shape index (κ1) is 14.8. The van der Waals surface area contributed by atoms with Crippen LogP contribution in [-0.2, 0) is 13.0 Å². The molecule has 6 nitrogen and oxygen atoms in total. The van der Waals surface area contributed by atoms with Gasteiger partial charge >= 0.3 is 0 Å². The average Bonchev–Trinajstić information content (AvgIpc) is 3.01. The van der Waals surface area contributed by atoms with Gasteiger partial charge in [0.05, 0.1) is 30.5 Å². The lowest BCUT2D eigenvalue weighted by atomic mass is 9.95. The molecule has 0 atom stereocenters. The van der Waals surface area contributed by atoms with Crippen LogP contribution in [0.5, 0.6) is 0 Å². The van der Waals surface area contributed by atoms with E-state index < -0.39 is 0 Å². The number of rotatable bonds is 2. The van der Waals surface area contributed by atoms with E-state index in [1.54, 1.807) is 6.20 Å². The van der Waals surface area contributed by atoms with Crippen LogP contribution in [0.1, 0.15) is 49.5 Å². The predicted molar refractivity (Wildman–Crippen MR) is 89.0 cm³/mol. The smallest absolute Gasteiger partial charge is 0.285 e. The van der Waals surface area contributed by atoms with Gasteiger partial charge in [-0.3, -0.25) is 4.79 Å². The first-order valence-corrected chi connectivity index (χ1v) is 8.64. The number of hydrogen-bond acceptors (Lipinski definition) is 4. The van der Waals surface area contributed by atoms with E-state index in [1.165, 1.54) is 37.8 Å². The Morgan fingerprint density at radius 2 is 2.09 bits per heavy atom. The van der Waals surface area contributed by atoms with Crippen LogP contribution in [0.25, 0.3) is 0 Å². The van der Waals surface area contributed by atoms with E-state index >= 15 is 0 Å². The van der Waals surface area contributed by atoms with E-state index in [1.807, 2.05) is 6.33 Å². The highest BCUT2D eigenvalue weighted by atomic mass is 35.5. The summed E-state index contributed by atoms with van der Waals surface area (Å²) in [5.74, 6) is 0. The van der Waals surface area contributed by atoms with Crippen molar-refractivity contribution in [2.75, 3.05) is 11.4 Å². The molecule has 1 fully saturated rings. The van der Waals surface area contributed by atoms with Gasteiger partial charge in [-0.25, -0.2) is 10.1 Å². The molecule has 0 spiro atoms. The van der Waals surface area contributed by atoms with Gasteiger partial charge in [-0.15, -0.1) is 0 Å². The van der Waals surface area contributed by atoms with Crippen molar-refractivity contribution in [1.29, 1.82) is 0 Å². The number of nitrogens with zero attached hydrogens (tertiary/aromatic N) is 4. The van der Waals surface area contributed by atoms with E-state index in [-0.39, 0.29) is 10.6 Å². The van der Waals surface area contributed by atoms with Crippen LogP contribution in [0.4, 0.5) is 5.69 Å². The highest BCUT2D eigenvalue weighted by Crippen LogP contribution is 2.33. The Kier molecular flexibility index (Phi) is 3.85. The molecule has 2 aromatic heterocycles. The minimum Gasteiger partial charge on any atom is -0.362 e. The second-order valence-electron chi connectivity index (χ2n) is 6.41. The molecule has 122 valence electrons. The van der Waals surface area contributed by atoms with E-state index in [0.717, 1.165) is 18.7 Å². The Bertz CT molecular complexity index is 762. The zero-order chi connectivity index (χ0) is 15.8. The third kappa shape index (κ3) is 2.65. The highest BCUT2D eigenvalue weighted by molar-refractivity contribution is 6.32. The number of imidazole rings is 1. The maximum atomic E-state index is 11.6. The number of H-pyrrole nitrogens is 1. The summed E-state index contributed by atoms with van der Waals surface area (Å²) in [7, 11) is 0. The van der Waals surface area contributed by atoms with Crippen LogP contribution >= 0.6 is 11.6 Å². The standard InChI is InChI=1S/C16H20ClN5O/c17-15-14(8-19-20-16(15)23)21-7-6-13-12(9-21)18-10-22(13)11-4-2-1-3-5-11/h8,10-11H,1-7,9H2,(H,20,23). The lowest BCUT2D eigenvalue weighted by molar-refractivity contribution is 0.345. The van der Waals surface area contributed by atoms with Crippen molar-refractivity contribution >= 4 is 17.3 Å². The summed E-state index contributed by atoms with van der Waals surface area (Å²) < 4.78 is 2.39. The Hall–Kier alpha value is -1.82. The Morgan fingerprint density at radius 3 is 2.91 bits per heavy atom. The van der Waals surface area contributed by atoms with Gasteiger partial charge in [-0.05, 0) is 12.8 Å². The van der Waals surface area contributed by atoms with Gasteiger partial charge in [-0.2, -0.15) is 5.10 Å². The molecular formula is C16H20ClN5O. The molecule has 0 unspecified atom stereocenters. The first-order valence-electron chi connectivity index (χ1n) is 8.27. The van der Waals surface area contributed by atoms with Crippen molar-refractivity contribution in [3.63, 3.8) is 0 Å². The third-order valence-electron chi connectivity index (χ3n) is 5.03. The molecule has 0 bridgehead atoms. The van der Waals surface area contributed by atoms with Gasteiger partial charge in [-0.1, -0.05) is 30.9 Å². The molecular weight excluding hydrogens is 314 g/mol. The van der Waals surface area contributed by atoms with E-state index in [2.05, 4.69) is 24.6 Å². The van der Waals surface area contributed by atoms with Crippen molar-refractivity contribution in [1.82, 2.24) is 19.7 Å². The normalized spacial score (nSPS) is 18.9. The van der Waals surface area contributed by atoms with Crippen molar-refractivity contribution in [3.05, 3.63) is 39.3 Å². The van der Waals surface area contributed by atoms with Crippen molar-refractivity contribution in [3.8, 4) is 0 Å². The molecule has 3 heterocycles. The van der Waals surface area contributed by atoms with Gasteiger partial charge in [0.2, 0.25) is 0 Å². The summed E-state index contributed by atoms with van der Waals surface area (Å²) in [4.78, 5) is 18.4. The lowest BCUT2D eigenvalue weighted by Crippen LogP contribution is -2.33. The molecule has 7 heteroatoms. The fraction of sp³-hybridized carbons (Fsp3) is 0.562. The quantitative estimate of drug-likeness (QED) is 0.917. The van der Waals surface area contributed by atoms with E-state index in [0.29, 0.717) is 18.3 Å². The van der Waals surface area contributed by atoms with Crippen LogP contribution in [0.3, 0.4) is 0 Å². The molecule has 23 heavy (non-hydrogen) atoms. The summed E-state index contributed by atoms with van der Waals surface area (Å²) in [6, 6.07) is 0.608. The van der Waals surface area contributed by atoms with Gasteiger partial charge < -0.3 is 9.47 Å². The van der Waals surface area contributed by atoms with Crippen LogP contribution in [0.15, 0.2) is 17.3 Å². The monoisotopic (exact) mass is 333 g/mol. The maximum Gasteiger partial charge on any atom is 0.285 e. The zero-order valence-electron chi connectivity index (χ0n) is 13.0. The average molecular weight is 334 g/mol. The van der Waals surface area contributed by atoms with Crippen molar-refractivity contribution in [2.24, 2.45) is 0 Å².